The molecule has 5 heteroatoms. The molecule has 3 rings (SSSR count). The topological polar surface area (TPSA) is 76.0 Å². The van der Waals surface area contributed by atoms with Crippen molar-refractivity contribution >= 4 is 5.97 Å². The van der Waals surface area contributed by atoms with Gasteiger partial charge in [-0.1, -0.05) is 6.07 Å². The summed E-state index contributed by atoms with van der Waals surface area (Å²) >= 11 is 0. The molecule has 1 aliphatic rings. The van der Waals surface area contributed by atoms with Crippen LogP contribution in [-0.4, -0.2) is 23.3 Å². The third kappa shape index (κ3) is 2.35. The van der Waals surface area contributed by atoms with Gasteiger partial charge in [0.2, 0.25) is 0 Å². The van der Waals surface area contributed by atoms with Gasteiger partial charge >= 0.3 is 5.97 Å². The van der Waals surface area contributed by atoms with Crippen LogP contribution in [0.4, 0.5) is 0 Å². The molecule has 0 radical (unpaired) electrons. The maximum absolute atomic E-state index is 11.9. The van der Waals surface area contributed by atoms with Gasteiger partial charge in [-0.25, -0.2) is 0 Å². The lowest BCUT2D eigenvalue weighted by Crippen LogP contribution is -2.21. The number of hydrogen-bond acceptors (Lipinski definition) is 5. The van der Waals surface area contributed by atoms with Gasteiger partial charge in [-0.3, -0.25) is 4.79 Å². The van der Waals surface area contributed by atoms with Gasteiger partial charge in [-0.15, -0.1) is 0 Å². The van der Waals surface area contributed by atoms with Gasteiger partial charge in [0.15, 0.2) is 11.5 Å². The molecule has 0 saturated heterocycles. The van der Waals surface area contributed by atoms with Crippen LogP contribution in [0.1, 0.15) is 29.0 Å². The lowest BCUT2D eigenvalue weighted by Gasteiger charge is -2.27. The molecule has 1 heterocycles. The normalized spacial score (nSPS) is 16.8. The number of aromatic hydroxyl groups is 2. The SMILES string of the molecule is COc1cc([C@H]2CC(=O)Oc3cc(O)cc(C)c32)ccc1O. The Hall–Kier alpha value is -2.69. The fourth-order valence-corrected chi connectivity index (χ4v) is 2.91. The number of carbonyl (C=O) groups excluding carboxylic acids is 1. The fourth-order valence-electron chi connectivity index (χ4n) is 2.91. The van der Waals surface area contributed by atoms with E-state index in [0.29, 0.717) is 11.5 Å². The standard InChI is InChI=1S/C17H16O5/c1-9-5-11(18)7-15-17(9)12(8-16(20)22-15)10-3-4-13(19)14(6-10)21-2/h3-7,12,18-19H,8H2,1-2H3/t12-/m1/s1. The second-order valence-electron chi connectivity index (χ2n) is 5.34. The minimum absolute atomic E-state index is 0.0484. The first-order valence-corrected chi connectivity index (χ1v) is 6.90. The van der Waals surface area contributed by atoms with Crippen molar-refractivity contribution in [3.63, 3.8) is 0 Å². The number of ether oxygens (including phenoxy) is 2. The Kier molecular flexibility index (Phi) is 3.41. The molecule has 0 aliphatic carbocycles. The number of hydrogen-bond donors (Lipinski definition) is 2. The quantitative estimate of drug-likeness (QED) is 0.659. The molecular weight excluding hydrogens is 284 g/mol. The van der Waals surface area contributed by atoms with E-state index in [1.807, 2.05) is 6.92 Å². The van der Waals surface area contributed by atoms with Crippen LogP contribution in [0.3, 0.4) is 0 Å². The zero-order valence-corrected chi connectivity index (χ0v) is 12.3. The Morgan fingerprint density at radius 2 is 2.00 bits per heavy atom. The van der Waals surface area contributed by atoms with Crippen molar-refractivity contribution in [2.75, 3.05) is 7.11 Å². The van der Waals surface area contributed by atoms with E-state index in [-0.39, 0.29) is 29.8 Å². The van der Waals surface area contributed by atoms with Crippen LogP contribution in [0.15, 0.2) is 30.3 Å². The van der Waals surface area contributed by atoms with Gasteiger partial charge in [-0.2, -0.15) is 0 Å². The molecular formula is C17H16O5. The zero-order chi connectivity index (χ0) is 15.9. The summed E-state index contributed by atoms with van der Waals surface area (Å²) in [6.45, 7) is 1.86. The molecule has 0 bridgehead atoms. The van der Waals surface area contributed by atoms with Crippen LogP contribution in [0.5, 0.6) is 23.0 Å². The second kappa shape index (κ2) is 5.26. The van der Waals surface area contributed by atoms with E-state index in [2.05, 4.69) is 0 Å². The Bertz CT molecular complexity index is 751. The minimum Gasteiger partial charge on any atom is -0.508 e. The molecule has 5 nitrogen and oxygen atoms in total. The van der Waals surface area contributed by atoms with Crippen molar-refractivity contribution in [2.45, 2.75) is 19.3 Å². The number of fused-ring (bicyclic) bond motifs is 1. The largest absolute Gasteiger partial charge is 0.508 e. The number of carbonyl (C=O) groups is 1. The van der Waals surface area contributed by atoms with Crippen molar-refractivity contribution in [3.8, 4) is 23.0 Å². The van der Waals surface area contributed by atoms with Crippen LogP contribution < -0.4 is 9.47 Å². The van der Waals surface area contributed by atoms with Gasteiger partial charge < -0.3 is 19.7 Å². The number of methoxy groups -OCH3 is 1. The average molecular weight is 300 g/mol. The van der Waals surface area contributed by atoms with Crippen molar-refractivity contribution in [2.24, 2.45) is 0 Å². The average Bonchev–Trinajstić information content (AvgIpc) is 2.46. The summed E-state index contributed by atoms with van der Waals surface area (Å²) in [7, 11) is 1.48. The van der Waals surface area contributed by atoms with Gasteiger partial charge in [0.25, 0.3) is 0 Å². The lowest BCUT2D eigenvalue weighted by atomic mass is 9.83. The fraction of sp³-hybridized carbons (Fsp3) is 0.235. The predicted octanol–water partition coefficient (Wildman–Crippen LogP) is 2.86. The molecule has 1 aliphatic heterocycles. The molecule has 0 unspecified atom stereocenters. The smallest absolute Gasteiger partial charge is 0.312 e. The van der Waals surface area contributed by atoms with E-state index in [0.717, 1.165) is 16.7 Å². The zero-order valence-electron chi connectivity index (χ0n) is 12.3. The third-order valence-corrected chi connectivity index (χ3v) is 3.88. The molecule has 2 aromatic rings. The van der Waals surface area contributed by atoms with Gasteiger partial charge in [0.05, 0.1) is 13.5 Å². The Morgan fingerprint density at radius 1 is 1.23 bits per heavy atom. The van der Waals surface area contributed by atoms with E-state index < -0.39 is 0 Å². The summed E-state index contributed by atoms with van der Waals surface area (Å²) in [6, 6.07) is 8.11. The molecule has 0 aromatic heterocycles. The van der Waals surface area contributed by atoms with Crippen molar-refractivity contribution < 1.29 is 24.5 Å². The summed E-state index contributed by atoms with van der Waals surface area (Å²) in [4.78, 5) is 11.9. The highest BCUT2D eigenvalue weighted by Crippen LogP contribution is 2.43. The first kappa shape index (κ1) is 14.3. The molecule has 2 aromatic carbocycles. The predicted molar refractivity (Wildman–Crippen MR) is 79.6 cm³/mol. The molecule has 0 saturated carbocycles. The molecule has 0 spiro atoms. The number of aryl methyl sites for hydroxylation is 1. The first-order chi connectivity index (χ1) is 10.5. The summed E-state index contributed by atoms with van der Waals surface area (Å²) in [5.41, 5.74) is 2.56. The highest BCUT2D eigenvalue weighted by atomic mass is 16.5. The Morgan fingerprint density at radius 3 is 2.73 bits per heavy atom. The van der Waals surface area contributed by atoms with Crippen molar-refractivity contribution in [1.29, 1.82) is 0 Å². The van der Waals surface area contributed by atoms with Crippen LogP contribution >= 0.6 is 0 Å². The van der Waals surface area contributed by atoms with E-state index >= 15 is 0 Å². The summed E-state index contributed by atoms with van der Waals surface area (Å²) in [6.07, 6.45) is 0.201. The number of phenolic OH excluding ortho intramolecular Hbond substituents is 2. The van der Waals surface area contributed by atoms with E-state index in [1.165, 1.54) is 13.2 Å². The minimum atomic E-state index is -0.352. The lowest BCUT2D eigenvalue weighted by molar-refractivity contribution is -0.135. The van der Waals surface area contributed by atoms with Crippen molar-refractivity contribution in [1.82, 2.24) is 0 Å². The number of rotatable bonds is 2. The number of esters is 1. The van der Waals surface area contributed by atoms with Crippen LogP contribution in [0.25, 0.3) is 0 Å². The highest BCUT2D eigenvalue weighted by Gasteiger charge is 2.30. The molecule has 2 N–H and O–H groups in total. The monoisotopic (exact) mass is 300 g/mol. The Balaban J connectivity index is 2.15. The maximum Gasteiger partial charge on any atom is 0.312 e. The molecule has 114 valence electrons. The van der Waals surface area contributed by atoms with E-state index in [4.69, 9.17) is 9.47 Å². The summed E-state index contributed by atoms with van der Waals surface area (Å²) in [5.74, 6) is 0.293. The van der Waals surface area contributed by atoms with Gasteiger partial charge in [0, 0.05) is 17.5 Å². The van der Waals surface area contributed by atoms with Crippen LogP contribution in [0.2, 0.25) is 0 Å². The molecule has 1 atom stereocenters. The van der Waals surface area contributed by atoms with Gasteiger partial charge in [-0.05, 0) is 36.2 Å². The second-order valence-corrected chi connectivity index (χ2v) is 5.34. The van der Waals surface area contributed by atoms with E-state index in [1.54, 1.807) is 24.3 Å². The summed E-state index contributed by atoms with van der Waals surface area (Å²) < 4.78 is 10.4. The van der Waals surface area contributed by atoms with Gasteiger partial charge in [0.1, 0.15) is 11.5 Å². The first-order valence-electron chi connectivity index (χ1n) is 6.90. The van der Waals surface area contributed by atoms with Crippen LogP contribution in [-0.2, 0) is 4.79 Å². The molecule has 22 heavy (non-hydrogen) atoms. The third-order valence-electron chi connectivity index (χ3n) is 3.88. The van der Waals surface area contributed by atoms with E-state index in [9.17, 15) is 15.0 Å². The molecule has 0 amide bonds. The highest BCUT2D eigenvalue weighted by molar-refractivity contribution is 5.78. The van der Waals surface area contributed by atoms with Crippen LogP contribution in [0, 0.1) is 6.92 Å². The van der Waals surface area contributed by atoms with Crippen molar-refractivity contribution in [3.05, 3.63) is 47.0 Å². The maximum atomic E-state index is 11.9. The Labute approximate surface area is 127 Å². The number of benzene rings is 2. The molecule has 0 fully saturated rings. The number of phenols is 2. The summed E-state index contributed by atoms with van der Waals surface area (Å²) in [5, 5.41) is 19.4.